The first-order valence-electron chi connectivity index (χ1n) is 8.52. The number of hydrogen-bond acceptors (Lipinski definition) is 6. The molecule has 1 atom stereocenters. The van der Waals surface area contributed by atoms with Crippen LogP contribution in [0.25, 0.3) is 0 Å². The number of nitro benzene ring substituents is 2. The topological polar surface area (TPSA) is 102 Å². The van der Waals surface area contributed by atoms with Gasteiger partial charge in [0.15, 0.2) is 0 Å². The maximum Gasteiger partial charge on any atom is 0.299 e. The minimum atomic E-state index is -0.631. The van der Waals surface area contributed by atoms with Crippen LogP contribution in [0.15, 0.2) is 48.5 Å². The van der Waals surface area contributed by atoms with Gasteiger partial charge in [0.1, 0.15) is 5.69 Å². The van der Waals surface area contributed by atoms with Crippen molar-refractivity contribution in [3.63, 3.8) is 0 Å². The number of nitro groups is 2. The smallest absolute Gasteiger partial charge is 0.299 e. The quantitative estimate of drug-likeness (QED) is 0.599. The summed E-state index contributed by atoms with van der Waals surface area (Å²) in [6, 6.07) is 13.8. The third-order valence-electron chi connectivity index (χ3n) is 4.64. The highest BCUT2D eigenvalue weighted by Gasteiger charge is 2.25. The van der Waals surface area contributed by atoms with Crippen molar-refractivity contribution < 1.29 is 9.85 Å². The molecule has 1 saturated heterocycles. The van der Waals surface area contributed by atoms with Crippen LogP contribution in [0.3, 0.4) is 0 Å². The van der Waals surface area contributed by atoms with Crippen molar-refractivity contribution in [1.82, 2.24) is 4.90 Å². The SMILES string of the molecule is O=[N+]([O-])c1ccc(NC[C@H](c2ccccc2)N2CCCC2)c([N+](=O)[O-])c1. The highest BCUT2D eigenvalue weighted by Crippen LogP contribution is 2.31. The van der Waals surface area contributed by atoms with Crippen LogP contribution in [-0.4, -0.2) is 34.4 Å². The molecule has 26 heavy (non-hydrogen) atoms. The lowest BCUT2D eigenvalue weighted by molar-refractivity contribution is -0.393. The predicted molar refractivity (Wildman–Crippen MR) is 98.2 cm³/mol. The summed E-state index contributed by atoms with van der Waals surface area (Å²) in [5.41, 5.74) is 0.862. The monoisotopic (exact) mass is 356 g/mol. The molecule has 3 rings (SSSR count). The molecule has 1 fully saturated rings. The first-order valence-corrected chi connectivity index (χ1v) is 8.52. The first-order chi connectivity index (χ1) is 12.6. The number of likely N-dealkylation sites (tertiary alicyclic amines) is 1. The van der Waals surface area contributed by atoms with Crippen LogP contribution in [-0.2, 0) is 0 Å². The second-order valence-electron chi connectivity index (χ2n) is 6.27. The normalized spacial score (nSPS) is 15.5. The molecule has 1 heterocycles. The Bertz CT molecular complexity index is 791. The minimum absolute atomic E-state index is 0.0912. The lowest BCUT2D eigenvalue weighted by atomic mass is 10.1. The van der Waals surface area contributed by atoms with Gasteiger partial charge >= 0.3 is 0 Å². The van der Waals surface area contributed by atoms with Gasteiger partial charge in [-0.05, 0) is 37.6 Å². The lowest BCUT2D eigenvalue weighted by Gasteiger charge is -2.28. The van der Waals surface area contributed by atoms with E-state index < -0.39 is 9.85 Å². The molecule has 2 aromatic carbocycles. The summed E-state index contributed by atoms with van der Waals surface area (Å²) < 4.78 is 0. The van der Waals surface area contributed by atoms with Gasteiger partial charge in [0.2, 0.25) is 0 Å². The average Bonchev–Trinajstić information content (AvgIpc) is 3.17. The van der Waals surface area contributed by atoms with Crippen molar-refractivity contribution in [1.29, 1.82) is 0 Å². The molecule has 1 aliphatic rings. The van der Waals surface area contributed by atoms with E-state index in [1.165, 1.54) is 12.1 Å². The highest BCUT2D eigenvalue weighted by molar-refractivity contribution is 5.65. The van der Waals surface area contributed by atoms with Gasteiger partial charge in [-0.3, -0.25) is 25.1 Å². The highest BCUT2D eigenvalue weighted by atomic mass is 16.6. The zero-order valence-corrected chi connectivity index (χ0v) is 14.2. The summed E-state index contributed by atoms with van der Waals surface area (Å²) in [5.74, 6) is 0. The minimum Gasteiger partial charge on any atom is -0.378 e. The maximum atomic E-state index is 11.3. The number of nitrogens with one attached hydrogen (secondary N) is 1. The molecule has 0 unspecified atom stereocenters. The predicted octanol–water partition coefficient (Wildman–Crippen LogP) is 3.75. The van der Waals surface area contributed by atoms with Gasteiger partial charge in [-0.25, -0.2) is 0 Å². The van der Waals surface area contributed by atoms with E-state index in [4.69, 9.17) is 0 Å². The van der Waals surface area contributed by atoms with Crippen molar-refractivity contribution in [3.05, 3.63) is 74.3 Å². The van der Waals surface area contributed by atoms with E-state index in [0.717, 1.165) is 37.6 Å². The molecule has 8 heteroatoms. The molecule has 0 spiro atoms. The van der Waals surface area contributed by atoms with E-state index >= 15 is 0 Å². The van der Waals surface area contributed by atoms with Crippen molar-refractivity contribution >= 4 is 17.1 Å². The Labute approximate surface area is 150 Å². The van der Waals surface area contributed by atoms with Crippen LogP contribution in [0.1, 0.15) is 24.4 Å². The molecule has 2 aromatic rings. The van der Waals surface area contributed by atoms with Gasteiger partial charge in [0.05, 0.1) is 22.0 Å². The van der Waals surface area contributed by atoms with Crippen LogP contribution in [0.4, 0.5) is 17.1 Å². The van der Waals surface area contributed by atoms with Gasteiger partial charge in [-0.2, -0.15) is 0 Å². The van der Waals surface area contributed by atoms with Crippen molar-refractivity contribution in [2.75, 3.05) is 25.0 Å². The van der Waals surface area contributed by atoms with Gasteiger partial charge in [-0.1, -0.05) is 30.3 Å². The zero-order chi connectivity index (χ0) is 18.5. The fourth-order valence-electron chi connectivity index (χ4n) is 3.33. The van der Waals surface area contributed by atoms with E-state index in [1.807, 2.05) is 18.2 Å². The standard InChI is InChI=1S/C18H20N4O4/c23-21(24)15-8-9-16(17(12-15)22(25)26)19-13-18(20-10-4-5-11-20)14-6-2-1-3-7-14/h1-3,6-9,12,18-19H,4-5,10-11,13H2/t18-/m1/s1. The molecule has 1 aliphatic heterocycles. The summed E-state index contributed by atoms with van der Waals surface area (Å²) >= 11 is 0. The second-order valence-corrected chi connectivity index (χ2v) is 6.27. The van der Waals surface area contributed by atoms with Gasteiger partial charge in [0.25, 0.3) is 11.4 Å². The summed E-state index contributed by atoms with van der Waals surface area (Å²) in [6.45, 7) is 2.47. The van der Waals surface area contributed by atoms with Crippen molar-refractivity contribution in [2.24, 2.45) is 0 Å². The summed E-state index contributed by atoms with van der Waals surface area (Å²) in [4.78, 5) is 23.3. The molecular formula is C18H20N4O4. The Morgan fingerprint density at radius 3 is 2.31 bits per heavy atom. The summed E-state index contributed by atoms with van der Waals surface area (Å²) in [6.07, 6.45) is 2.28. The molecule has 1 N–H and O–H groups in total. The fraction of sp³-hybridized carbons (Fsp3) is 0.333. The summed E-state index contributed by atoms with van der Waals surface area (Å²) in [5, 5.41) is 25.3. The number of anilines is 1. The average molecular weight is 356 g/mol. The summed E-state index contributed by atoms with van der Waals surface area (Å²) in [7, 11) is 0. The number of non-ortho nitro benzene ring substituents is 1. The van der Waals surface area contributed by atoms with E-state index in [1.54, 1.807) is 0 Å². The Kier molecular flexibility index (Phi) is 5.43. The molecule has 0 radical (unpaired) electrons. The lowest BCUT2D eigenvalue weighted by Crippen LogP contribution is -2.31. The Hall–Kier alpha value is -3.00. The molecule has 0 amide bonds. The van der Waals surface area contributed by atoms with Crippen LogP contribution in [0, 0.1) is 20.2 Å². The Morgan fingerprint density at radius 2 is 1.69 bits per heavy atom. The molecular weight excluding hydrogens is 336 g/mol. The largest absolute Gasteiger partial charge is 0.378 e. The van der Waals surface area contributed by atoms with Gasteiger partial charge in [-0.15, -0.1) is 0 Å². The van der Waals surface area contributed by atoms with E-state index in [9.17, 15) is 20.2 Å². The molecule has 0 bridgehead atoms. The van der Waals surface area contributed by atoms with Crippen LogP contribution < -0.4 is 5.32 Å². The fourth-order valence-corrected chi connectivity index (χ4v) is 3.33. The van der Waals surface area contributed by atoms with E-state index in [2.05, 4.69) is 22.3 Å². The molecule has 0 aromatic heterocycles. The van der Waals surface area contributed by atoms with Gasteiger partial charge in [0, 0.05) is 12.6 Å². The van der Waals surface area contributed by atoms with E-state index in [0.29, 0.717) is 12.2 Å². The maximum absolute atomic E-state index is 11.3. The Morgan fingerprint density at radius 1 is 1.00 bits per heavy atom. The second kappa shape index (κ2) is 7.92. The number of hydrogen-bond donors (Lipinski definition) is 1. The zero-order valence-electron chi connectivity index (χ0n) is 14.2. The molecule has 0 aliphatic carbocycles. The number of rotatable bonds is 7. The van der Waals surface area contributed by atoms with Crippen LogP contribution in [0.2, 0.25) is 0 Å². The molecule has 136 valence electrons. The number of nitrogens with zero attached hydrogens (tertiary/aromatic N) is 3. The third-order valence-corrected chi connectivity index (χ3v) is 4.64. The third kappa shape index (κ3) is 3.97. The van der Waals surface area contributed by atoms with Crippen LogP contribution in [0.5, 0.6) is 0 Å². The van der Waals surface area contributed by atoms with Crippen molar-refractivity contribution in [2.45, 2.75) is 18.9 Å². The van der Waals surface area contributed by atoms with E-state index in [-0.39, 0.29) is 17.4 Å². The van der Waals surface area contributed by atoms with Crippen LogP contribution >= 0.6 is 0 Å². The Balaban J connectivity index is 1.82. The van der Waals surface area contributed by atoms with Gasteiger partial charge < -0.3 is 5.32 Å². The van der Waals surface area contributed by atoms with Crippen molar-refractivity contribution in [3.8, 4) is 0 Å². The number of benzene rings is 2. The molecule has 0 saturated carbocycles. The first kappa shape index (κ1) is 17.8. The molecule has 8 nitrogen and oxygen atoms in total.